The molecule has 1 saturated heterocycles. The van der Waals surface area contributed by atoms with Crippen molar-refractivity contribution in [1.29, 1.82) is 0 Å². The van der Waals surface area contributed by atoms with Gasteiger partial charge >= 0.3 is 5.97 Å². The Balaban J connectivity index is 2.01. The van der Waals surface area contributed by atoms with Gasteiger partial charge in [-0.2, -0.15) is 0 Å². The SMILES string of the molecule is O=C(O)[C@H]1CCCCN1C(=O)c1cc2ccccc2c(=O)[nH]1. The number of hydrogen-bond donors (Lipinski definition) is 2. The molecule has 1 aromatic carbocycles. The molecular weight excluding hydrogens is 284 g/mol. The van der Waals surface area contributed by atoms with Gasteiger partial charge in [-0.05, 0) is 36.8 Å². The molecule has 1 aliphatic rings. The number of amides is 1. The number of aromatic nitrogens is 1. The lowest BCUT2D eigenvalue weighted by molar-refractivity contribution is -0.143. The van der Waals surface area contributed by atoms with Gasteiger partial charge < -0.3 is 15.0 Å². The van der Waals surface area contributed by atoms with E-state index in [1.165, 1.54) is 4.90 Å². The molecule has 2 heterocycles. The first kappa shape index (κ1) is 14.3. The van der Waals surface area contributed by atoms with Crippen LogP contribution in [0.5, 0.6) is 0 Å². The van der Waals surface area contributed by atoms with E-state index in [9.17, 15) is 19.5 Å². The first-order chi connectivity index (χ1) is 10.6. The molecule has 1 atom stereocenters. The number of fused-ring (bicyclic) bond motifs is 1. The van der Waals surface area contributed by atoms with Crippen LogP contribution in [-0.2, 0) is 4.79 Å². The third-order valence-corrected chi connectivity index (χ3v) is 4.03. The van der Waals surface area contributed by atoms with Gasteiger partial charge in [-0.25, -0.2) is 4.79 Å². The Morgan fingerprint density at radius 3 is 2.77 bits per heavy atom. The van der Waals surface area contributed by atoms with Crippen LogP contribution in [0.15, 0.2) is 35.1 Å². The molecular formula is C16H16N2O4. The van der Waals surface area contributed by atoms with Crippen LogP contribution in [0.1, 0.15) is 29.8 Å². The molecule has 3 rings (SSSR count). The third kappa shape index (κ3) is 2.47. The number of aliphatic carboxylic acids is 1. The van der Waals surface area contributed by atoms with E-state index in [1.807, 2.05) is 0 Å². The van der Waals surface area contributed by atoms with Gasteiger partial charge in [0.05, 0.1) is 0 Å². The molecule has 0 aliphatic carbocycles. The first-order valence-corrected chi connectivity index (χ1v) is 7.24. The van der Waals surface area contributed by atoms with Crippen LogP contribution in [0.2, 0.25) is 0 Å². The minimum atomic E-state index is -1.00. The highest BCUT2D eigenvalue weighted by molar-refractivity contribution is 5.98. The fourth-order valence-corrected chi connectivity index (χ4v) is 2.91. The van der Waals surface area contributed by atoms with Crippen LogP contribution in [0.25, 0.3) is 10.8 Å². The maximum atomic E-state index is 12.6. The maximum absolute atomic E-state index is 12.6. The molecule has 1 fully saturated rings. The van der Waals surface area contributed by atoms with Crippen molar-refractivity contribution in [2.45, 2.75) is 25.3 Å². The number of rotatable bonds is 2. The van der Waals surface area contributed by atoms with Gasteiger partial charge in [0.25, 0.3) is 11.5 Å². The van der Waals surface area contributed by atoms with Gasteiger partial charge in [-0.3, -0.25) is 9.59 Å². The summed E-state index contributed by atoms with van der Waals surface area (Å²) in [6.07, 6.45) is 2.00. The van der Waals surface area contributed by atoms with Crippen LogP contribution in [0.4, 0.5) is 0 Å². The van der Waals surface area contributed by atoms with Gasteiger partial charge in [0, 0.05) is 11.9 Å². The molecule has 22 heavy (non-hydrogen) atoms. The monoisotopic (exact) mass is 300 g/mol. The highest BCUT2D eigenvalue weighted by atomic mass is 16.4. The molecule has 6 heteroatoms. The molecule has 2 aromatic rings. The summed E-state index contributed by atoms with van der Waals surface area (Å²) in [5, 5.41) is 10.4. The van der Waals surface area contributed by atoms with E-state index >= 15 is 0 Å². The Kier molecular flexibility index (Phi) is 3.66. The largest absolute Gasteiger partial charge is 0.480 e. The maximum Gasteiger partial charge on any atom is 0.326 e. The lowest BCUT2D eigenvalue weighted by Crippen LogP contribution is -2.48. The molecule has 1 aromatic heterocycles. The summed E-state index contributed by atoms with van der Waals surface area (Å²) in [5.41, 5.74) is -0.206. The van der Waals surface area contributed by atoms with E-state index in [0.29, 0.717) is 23.7 Å². The van der Waals surface area contributed by atoms with E-state index in [0.717, 1.165) is 12.8 Å². The topological polar surface area (TPSA) is 90.5 Å². The molecule has 2 N–H and O–H groups in total. The summed E-state index contributed by atoms with van der Waals surface area (Å²) in [7, 11) is 0. The average Bonchev–Trinajstić information content (AvgIpc) is 2.54. The fourth-order valence-electron chi connectivity index (χ4n) is 2.91. The number of hydrogen-bond acceptors (Lipinski definition) is 3. The van der Waals surface area contributed by atoms with Crippen molar-refractivity contribution in [2.24, 2.45) is 0 Å². The molecule has 1 amide bonds. The fraction of sp³-hybridized carbons (Fsp3) is 0.312. The molecule has 6 nitrogen and oxygen atoms in total. The Morgan fingerprint density at radius 1 is 1.23 bits per heavy atom. The van der Waals surface area contributed by atoms with Crippen LogP contribution in [0.3, 0.4) is 0 Å². The van der Waals surface area contributed by atoms with E-state index in [4.69, 9.17) is 0 Å². The van der Waals surface area contributed by atoms with Crippen molar-refractivity contribution in [3.05, 3.63) is 46.4 Å². The van der Waals surface area contributed by atoms with Gasteiger partial charge in [0.1, 0.15) is 11.7 Å². The summed E-state index contributed by atoms with van der Waals surface area (Å²) in [5.74, 6) is -1.44. The summed E-state index contributed by atoms with van der Waals surface area (Å²) in [6.45, 7) is 0.394. The summed E-state index contributed by atoms with van der Waals surface area (Å²) >= 11 is 0. The number of carboxylic acids is 1. The van der Waals surface area contributed by atoms with E-state index in [-0.39, 0.29) is 11.3 Å². The number of piperidine rings is 1. The van der Waals surface area contributed by atoms with Crippen molar-refractivity contribution >= 4 is 22.6 Å². The molecule has 0 saturated carbocycles. The number of H-pyrrole nitrogens is 1. The Labute approximate surface area is 126 Å². The zero-order valence-electron chi connectivity index (χ0n) is 11.9. The number of carbonyl (C=O) groups is 2. The van der Waals surface area contributed by atoms with E-state index in [2.05, 4.69) is 4.98 Å². The van der Waals surface area contributed by atoms with Gasteiger partial charge in [-0.15, -0.1) is 0 Å². The standard InChI is InChI=1S/C16H16N2O4/c19-14-11-6-2-1-5-10(11)9-12(17-14)15(20)18-8-4-3-7-13(18)16(21)22/h1-2,5-6,9,13H,3-4,7-8H2,(H,17,19)(H,21,22)/t13-/m1/s1. The summed E-state index contributed by atoms with van der Waals surface area (Å²) < 4.78 is 0. The van der Waals surface area contributed by atoms with Gasteiger partial charge in [-0.1, -0.05) is 18.2 Å². The van der Waals surface area contributed by atoms with E-state index < -0.39 is 17.9 Å². The van der Waals surface area contributed by atoms with E-state index in [1.54, 1.807) is 30.3 Å². The number of nitrogens with zero attached hydrogens (tertiary/aromatic N) is 1. The van der Waals surface area contributed by atoms with Gasteiger partial charge in [0.2, 0.25) is 0 Å². The second-order valence-corrected chi connectivity index (χ2v) is 5.45. The number of aromatic amines is 1. The van der Waals surface area contributed by atoms with Gasteiger partial charge in [0.15, 0.2) is 0 Å². The third-order valence-electron chi connectivity index (χ3n) is 4.03. The molecule has 0 radical (unpaired) electrons. The lowest BCUT2D eigenvalue weighted by Gasteiger charge is -2.32. The van der Waals surface area contributed by atoms with Crippen LogP contribution in [-0.4, -0.2) is 39.5 Å². The summed E-state index contributed by atoms with van der Waals surface area (Å²) in [4.78, 5) is 39.9. The number of carboxylic acid groups (broad SMARTS) is 1. The number of carbonyl (C=O) groups excluding carboxylic acids is 1. The van der Waals surface area contributed by atoms with Crippen molar-refractivity contribution in [1.82, 2.24) is 9.88 Å². The molecule has 0 unspecified atom stereocenters. The average molecular weight is 300 g/mol. The van der Waals surface area contributed by atoms with Crippen LogP contribution in [0, 0.1) is 0 Å². The number of benzene rings is 1. The highest BCUT2D eigenvalue weighted by Gasteiger charge is 2.32. The predicted octanol–water partition coefficient (Wildman–Crippen LogP) is 1.61. The minimum Gasteiger partial charge on any atom is -0.480 e. The number of pyridine rings is 1. The van der Waals surface area contributed by atoms with Crippen LogP contribution < -0.4 is 5.56 Å². The molecule has 1 aliphatic heterocycles. The highest BCUT2D eigenvalue weighted by Crippen LogP contribution is 2.20. The summed E-state index contributed by atoms with van der Waals surface area (Å²) in [6, 6.07) is 7.76. The van der Waals surface area contributed by atoms with Crippen molar-refractivity contribution < 1.29 is 14.7 Å². The number of likely N-dealkylation sites (tertiary alicyclic amines) is 1. The van der Waals surface area contributed by atoms with Crippen LogP contribution >= 0.6 is 0 Å². The van der Waals surface area contributed by atoms with Crippen molar-refractivity contribution in [3.63, 3.8) is 0 Å². The Bertz CT molecular complexity index is 796. The lowest BCUT2D eigenvalue weighted by atomic mass is 10.0. The first-order valence-electron chi connectivity index (χ1n) is 7.24. The Hall–Kier alpha value is -2.63. The normalized spacial score (nSPS) is 18.4. The second kappa shape index (κ2) is 5.63. The predicted molar refractivity (Wildman–Crippen MR) is 80.9 cm³/mol. The quantitative estimate of drug-likeness (QED) is 0.881. The zero-order valence-corrected chi connectivity index (χ0v) is 11.9. The smallest absolute Gasteiger partial charge is 0.326 e. The molecule has 114 valence electrons. The van der Waals surface area contributed by atoms with Crippen molar-refractivity contribution in [2.75, 3.05) is 6.54 Å². The molecule has 0 spiro atoms. The zero-order chi connectivity index (χ0) is 15.7. The minimum absolute atomic E-state index is 0.136. The molecule has 0 bridgehead atoms. The van der Waals surface area contributed by atoms with Crippen molar-refractivity contribution in [3.8, 4) is 0 Å². The Morgan fingerprint density at radius 2 is 2.00 bits per heavy atom. The second-order valence-electron chi connectivity index (χ2n) is 5.45. The number of nitrogens with one attached hydrogen (secondary N) is 1.